The smallest absolute Gasteiger partial charge is 0.0352 e. The highest BCUT2D eigenvalue weighted by Crippen LogP contribution is 2.56. The molecule has 2 aliphatic carbocycles. The summed E-state index contributed by atoms with van der Waals surface area (Å²) >= 11 is 0. The molecule has 2 aliphatic rings. The average molecular weight is 166 g/mol. The number of hydrogen-bond acceptors (Lipinski definition) is 0. The van der Waals surface area contributed by atoms with Crippen molar-refractivity contribution < 1.29 is 0 Å². The van der Waals surface area contributed by atoms with Gasteiger partial charge in [0.25, 0.3) is 0 Å². The maximum atomic E-state index is 2.46. The minimum atomic E-state index is 1.07. The fourth-order valence-corrected chi connectivity index (χ4v) is 2.91. The molecule has 0 radical (unpaired) electrons. The molecule has 5 atom stereocenters. The van der Waals surface area contributed by atoms with Gasteiger partial charge in [-0.2, -0.15) is 0 Å². The summed E-state index contributed by atoms with van der Waals surface area (Å²) in [5.74, 6) is 5.50. The summed E-state index contributed by atoms with van der Waals surface area (Å²) in [6, 6.07) is 0. The Bertz CT molecular complexity index is 161. The predicted molar refractivity (Wildman–Crippen MR) is 52.9 cm³/mol. The van der Waals surface area contributed by atoms with Gasteiger partial charge in [-0.05, 0) is 42.4 Å². The highest BCUT2D eigenvalue weighted by atomic mass is 14.5. The molecular weight excluding hydrogens is 144 g/mol. The van der Waals surface area contributed by atoms with Crippen LogP contribution in [-0.4, -0.2) is 0 Å². The van der Waals surface area contributed by atoms with E-state index < -0.39 is 0 Å². The zero-order chi connectivity index (χ0) is 8.72. The zero-order valence-electron chi connectivity index (χ0n) is 8.72. The van der Waals surface area contributed by atoms with Crippen molar-refractivity contribution in [2.45, 2.75) is 46.5 Å². The minimum Gasteiger partial charge on any atom is -0.0654 e. The van der Waals surface area contributed by atoms with Crippen LogP contribution in [0.4, 0.5) is 0 Å². The molecule has 0 aromatic carbocycles. The van der Waals surface area contributed by atoms with E-state index in [0.29, 0.717) is 0 Å². The Labute approximate surface area is 76.7 Å². The summed E-state index contributed by atoms with van der Waals surface area (Å²) in [5.41, 5.74) is 0. The van der Waals surface area contributed by atoms with Gasteiger partial charge in [0.1, 0.15) is 0 Å². The van der Waals surface area contributed by atoms with Gasteiger partial charge in [-0.3, -0.25) is 0 Å². The number of rotatable bonds is 4. The Kier molecular flexibility index (Phi) is 2.18. The van der Waals surface area contributed by atoms with Crippen molar-refractivity contribution >= 4 is 0 Å². The molecule has 0 saturated heterocycles. The largest absolute Gasteiger partial charge is 0.0654 e. The van der Waals surface area contributed by atoms with E-state index in [1.54, 1.807) is 6.42 Å². The lowest BCUT2D eigenvalue weighted by Gasteiger charge is -1.95. The SMILES string of the molecule is CCCC1C(C)C1CC1CC1C. The predicted octanol–water partition coefficient (Wildman–Crippen LogP) is 3.71. The molecule has 0 nitrogen and oxygen atoms in total. The summed E-state index contributed by atoms with van der Waals surface area (Å²) in [5, 5.41) is 0. The van der Waals surface area contributed by atoms with Gasteiger partial charge in [0.15, 0.2) is 0 Å². The average Bonchev–Trinajstić information content (AvgIpc) is 2.86. The number of hydrogen-bond donors (Lipinski definition) is 0. The Morgan fingerprint density at radius 1 is 1.17 bits per heavy atom. The van der Waals surface area contributed by atoms with E-state index >= 15 is 0 Å². The Morgan fingerprint density at radius 2 is 1.83 bits per heavy atom. The molecular formula is C12H22. The second-order valence-corrected chi connectivity index (χ2v) is 5.18. The van der Waals surface area contributed by atoms with Crippen LogP contribution in [0.5, 0.6) is 0 Å². The van der Waals surface area contributed by atoms with E-state index in [-0.39, 0.29) is 0 Å². The van der Waals surface area contributed by atoms with Crippen LogP contribution in [0.3, 0.4) is 0 Å². The van der Waals surface area contributed by atoms with Crippen molar-refractivity contribution in [2.24, 2.45) is 29.6 Å². The van der Waals surface area contributed by atoms with E-state index in [1.807, 2.05) is 0 Å². The standard InChI is InChI=1S/C12H22/c1-4-5-11-9(3)12(11)7-10-6-8(10)2/h8-12H,4-7H2,1-3H3. The molecule has 0 N–H and O–H groups in total. The third-order valence-corrected chi connectivity index (χ3v) is 4.23. The molecule has 0 bridgehead atoms. The molecule has 12 heavy (non-hydrogen) atoms. The van der Waals surface area contributed by atoms with Crippen LogP contribution in [-0.2, 0) is 0 Å². The first-order valence-electron chi connectivity index (χ1n) is 5.74. The zero-order valence-corrected chi connectivity index (χ0v) is 8.72. The van der Waals surface area contributed by atoms with Crippen LogP contribution in [0.25, 0.3) is 0 Å². The second kappa shape index (κ2) is 3.05. The fourth-order valence-electron chi connectivity index (χ4n) is 2.91. The highest BCUT2D eigenvalue weighted by Gasteiger charge is 2.49. The van der Waals surface area contributed by atoms with Crippen molar-refractivity contribution in [1.29, 1.82) is 0 Å². The van der Waals surface area contributed by atoms with E-state index in [4.69, 9.17) is 0 Å². The van der Waals surface area contributed by atoms with Gasteiger partial charge in [0.05, 0.1) is 0 Å². The quantitative estimate of drug-likeness (QED) is 0.597. The molecule has 2 rings (SSSR count). The second-order valence-electron chi connectivity index (χ2n) is 5.18. The normalized spacial score (nSPS) is 50.8. The fraction of sp³-hybridized carbons (Fsp3) is 1.00. The maximum absolute atomic E-state index is 2.46. The first kappa shape index (κ1) is 8.59. The van der Waals surface area contributed by atoms with Crippen molar-refractivity contribution in [3.05, 3.63) is 0 Å². The van der Waals surface area contributed by atoms with E-state index in [2.05, 4.69) is 20.8 Å². The van der Waals surface area contributed by atoms with Gasteiger partial charge >= 0.3 is 0 Å². The van der Waals surface area contributed by atoms with E-state index in [0.717, 1.165) is 29.6 Å². The molecule has 0 heteroatoms. The summed E-state index contributed by atoms with van der Waals surface area (Å²) in [6.45, 7) is 7.19. The highest BCUT2D eigenvalue weighted by molar-refractivity contribution is 4.98. The first-order chi connectivity index (χ1) is 5.74. The van der Waals surface area contributed by atoms with Crippen LogP contribution >= 0.6 is 0 Å². The van der Waals surface area contributed by atoms with Crippen LogP contribution < -0.4 is 0 Å². The lowest BCUT2D eigenvalue weighted by Crippen LogP contribution is -1.86. The van der Waals surface area contributed by atoms with Crippen LogP contribution in [0, 0.1) is 29.6 Å². The van der Waals surface area contributed by atoms with Crippen molar-refractivity contribution in [1.82, 2.24) is 0 Å². The molecule has 0 spiro atoms. The molecule has 2 fully saturated rings. The Morgan fingerprint density at radius 3 is 2.33 bits per heavy atom. The summed E-state index contributed by atoms with van der Waals surface area (Å²) in [7, 11) is 0. The summed E-state index contributed by atoms with van der Waals surface area (Å²) in [4.78, 5) is 0. The third kappa shape index (κ3) is 1.53. The van der Waals surface area contributed by atoms with Crippen LogP contribution in [0.15, 0.2) is 0 Å². The lowest BCUT2D eigenvalue weighted by atomic mass is 10.1. The van der Waals surface area contributed by atoms with Gasteiger partial charge in [-0.1, -0.05) is 33.6 Å². The molecule has 0 amide bonds. The molecule has 0 aromatic rings. The van der Waals surface area contributed by atoms with Gasteiger partial charge in [-0.25, -0.2) is 0 Å². The van der Waals surface area contributed by atoms with Gasteiger partial charge in [-0.15, -0.1) is 0 Å². The van der Waals surface area contributed by atoms with E-state index in [1.165, 1.54) is 19.3 Å². The molecule has 0 aliphatic heterocycles. The van der Waals surface area contributed by atoms with Gasteiger partial charge < -0.3 is 0 Å². The molecule has 0 heterocycles. The first-order valence-corrected chi connectivity index (χ1v) is 5.74. The summed E-state index contributed by atoms with van der Waals surface area (Å²) < 4.78 is 0. The van der Waals surface area contributed by atoms with Crippen molar-refractivity contribution in [3.63, 3.8) is 0 Å². The Hall–Kier alpha value is 0. The van der Waals surface area contributed by atoms with Gasteiger partial charge in [0, 0.05) is 0 Å². The molecule has 0 aromatic heterocycles. The monoisotopic (exact) mass is 166 g/mol. The lowest BCUT2D eigenvalue weighted by molar-refractivity contribution is 0.548. The maximum Gasteiger partial charge on any atom is -0.0352 e. The third-order valence-electron chi connectivity index (χ3n) is 4.23. The van der Waals surface area contributed by atoms with E-state index in [9.17, 15) is 0 Å². The van der Waals surface area contributed by atoms with Gasteiger partial charge in [0.2, 0.25) is 0 Å². The molecule has 70 valence electrons. The Balaban J connectivity index is 1.70. The minimum absolute atomic E-state index is 1.07. The van der Waals surface area contributed by atoms with Crippen LogP contribution in [0.2, 0.25) is 0 Å². The molecule has 5 unspecified atom stereocenters. The topological polar surface area (TPSA) is 0 Å². The summed E-state index contributed by atoms with van der Waals surface area (Å²) in [6.07, 6.45) is 5.98. The van der Waals surface area contributed by atoms with Crippen LogP contribution in [0.1, 0.15) is 46.5 Å². The van der Waals surface area contributed by atoms with Crippen molar-refractivity contribution in [2.75, 3.05) is 0 Å². The van der Waals surface area contributed by atoms with Crippen molar-refractivity contribution in [3.8, 4) is 0 Å². The molecule has 2 saturated carbocycles.